The van der Waals surface area contributed by atoms with E-state index in [1.165, 1.54) is 41.6 Å². The van der Waals surface area contributed by atoms with Crippen LogP contribution in [0.4, 0.5) is 15.8 Å². The number of hydrogen-bond donors (Lipinski definition) is 2. The molecule has 0 heterocycles. The average Bonchev–Trinajstić information content (AvgIpc) is 2.75. The van der Waals surface area contributed by atoms with Gasteiger partial charge in [-0.15, -0.1) is 11.8 Å². The van der Waals surface area contributed by atoms with E-state index in [9.17, 15) is 14.0 Å². The van der Waals surface area contributed by atoms with E-state index in [1.807, 2.05) is 42.5 Å². The van der Waals surface area contributed by atoms with E-state index >= 15 is 0 Å². The molecule has 1 atom stereocenters. The van der Waals surface area contributed by atoms with E-state index in [0.717, 1.165) is 17.7 Å². The minimum atomic E-state index is -0.409. The maximum Gasteiger partial charge on any atom is 0.237 e. The average molecular weight is 423 g/mol. The molecule has 0 radical (unpaired) electrons. The zero-order chi connectivity index (χ0) is 21.3. The fourth-order valence-electron chi connectivity index (χ4n) is 2.85. The lowest BCUT2D eigenvalue weighted by molar-refractivity contribution is -0.115. The first kappa shape index (κ1) is 21.6. The Morgan fingerprint density at radius 2 is 1.57 bits per heavy atom. The van der Waals surface area contributed by atoms with Crippen molar-refractivity contribution < 1.29 is 14.0 Å². The van der Waals surface area contributed by atoms with Gasteiger partial charge in [0.05, 0.1) is 11.0 Å². The number of halogens is 1. The SMILES string of the molecule is C[C@@H](SCC(=O)Nc1ccc(F)cc1)C(=O)Nc1ccccc1Cc1ccccc1. The zero-order valence-electron chi connectivity index (χ0n) is 16.6. The third kappa shape index (κ3) is 6.46. The Morgan fingerprint density at radius 3 is 2.30 bits per heavy atom. The van der Waals surface area contributed by atoms with Crippen molar-refractivity contribution in [3.63, 3.8) is 0 Å². The number of hydrogen-bond acceptors (Lipinski definition) is 3. The summed E-state index contributed by atoms with van der Waals surface area (Å²) in [4.78, 5) is 24.7. The molecule has 0 saturated carbocycles. The van der Waals surface area contributed by atoms with E-state index in [0.29, 0.717) is 5.69 Å². The lowest BCUT2D eigenvalue weighted by Crippen LogP contribution is -2.25. The highest BCUT2D eigenvalue weighted by molar-refractivity contribution is 8.01. The van der Waals surface area contributed by atoms with Crippen LogP contribution in [0.3, 0.4) is 0 Å². The number of anilines is 2. The highest BCUT2D eigenvalue weighted by Crippen LogP contribution is 2.21. The first-order chi connectivity index (χ1) is 14.5. The third-order valence-electron chi connectivity index (χ3n) is 4.47. The summed E-state index contributed by atoms with van der Waals surface area (Å²) in [6.07, 6.45) is 0.721. The van der Waals surface area contributed by atoms with Gasteiger partial charge in [0.15, 0.2) is 0 Å². The molecule has 0 aliphatic heterocycles. The molecule has 0 aliphatic carbocycles. The van der Waals surface area contributed by atoms with Crippen molar-refractivity contribution >= 4 is 35.0 Å². The van der Waals surface area contributed by atoms with Crippen molar-refractivity contribution in [2.24, 2.45) is 0 Å². The van der Waals surface area contributed by atoms with Gasteiger partial charge in [-0.05, 0) is 54.8 Å². The van der Waals surface area contributed by atoms with Gasteiger partial charge in [-0.2, -0.15) is 0 Å². The first-order valence-electron chi connectivity index (χ1n) is 9.61. The van der Waals surface area contributed by atoms with Gasteiger partial charge in [0, 0.05) is 11.4 Å². The maximum atomic E-state index is 12.9. The summed E-state index contributed by atoms with van der Waals surface area (Å²) in [6.45, 7) is 1.77. The van der Waals surface area contributed by atoms with Crippen molar-refractivity contribution in [1.82, 2.24) is 0 Å². The Hall–Kier alpha value is -3.12. The number of carbonyl (C=O) groups excluding carboxylic acids is 2. The van der Waals surface area contributed by atoms with Crippen molar-refractivity contribution in [1.29, 1.82) is 0 Å². The van der Waals surface area contributed by atoms with Gasteiger partial charge in [-0.1, -0.05) is 48.5 Å². The standard InChI is InChI=1S/C24H23FN2O2S/c1-17(30-16-23(28)26-21-13-11-20(25)12-14-21)24(29)27-22-10-6-5-9-19(22)15-18-7-3-2-4-8-18/h2-14,17H,15-16H2,1H3,(H,26,28)(H,27,29)/t17-/m1/s1. The second kappa shape index (κ2) is 10.6. The second-order valence-corrected chi connectivity index (χ2v) is 8.15. The quantitative estimate of drug-likeness (QED) is 0.530. The fourth-order valence-corrected chi connectivity index (χ4v) is 3.54. The van der Waals surface area contributed by atoms with Crippen LogP contribution in [0.5, 0.6) is 0 Å². The lowest BCUT2D eigenvalue weighted by atomic mass is 10.0. The molecule has 3 aromatic carbocycles. The van der Waals surface area contributed by atoms with Crippen LogP contribution in [0.1, 0.15) is 18.1 Å². The topological polar surface area (TPSA) is 58.2 Å². The molecule has 154 valence electrons. The number of nitrogens with one attached hydrogen (secondary N) is 2. The summed E-state index contributed by atoms with van der Waals surface area (Å²) < 4.78 is 12.9. The van der Waals surface area contributed by atoms with E-state index in [2.05, 4.69) is 22.8 Å². The van der Waals surface area contributed by atoms with Crippen molar-refractivity contribution in [3.8, 4) is 0 Å². The van der Waals surface area contributed by atoms with E-state index < -0.39 is 5.25 Å². The Balaban J connectivity index is 1.53. The highest BCUT2D eigenvalue weighted by Gasteiger charge is 2.17. The van der Waals surface area contributed by atoms with Crippen LogP contribution < -0.4 is 10.6 Å². The maximum absolute atomic E-state index is 12.9. The monoisotopic (exact) mass is 422 g/mol. The molecule has 0 spiro atoms. The van der Waals surface area contributed by atoms with Crippen molar-refractivity contribution in [3.05, 3.63) is 95.8 Å². The number of amides is 2. The fraction of sp³-hybridized carbons (Fsp3) is 0.167. The van der Waals surface area contributed by atoms with Crippen LogP contribution >= 0.6 is 11.8 Å². The van der Waals surface area contributed by atoms with Crippen LogP contribution in [0.15, 0.2) is 78.9 Å². The van der Waals surface area contributed by atoms with Gasteiger partial charge in [-0.25, -0.2) is 4.39 Å². The number of carbonyl (C=O) groups is 2. The van der Waals surface area contributed by atoms with Crippen LogP contribution in [0.2, 0.25) is 0 Å². The summed E-state index contributed by atoms with van der Waals surface area (Å²) in [5.41, 5.74) is 3.49. The molecule has 0 aliphatic rings. The van der Waals surface area contributed by atoms with Gasteiger partial charge in [-0.3, -0.25) is 9.59 Å². The van der Waals surface area contributed by atoms with Gasteiger partial charge < -0.3 is 10.6 Å². The summed E-state index contributed by atoms with van der Waals surface area (Å²) in [5, 5.41) is 5.26. The predicted molar refractivity (Wildman–Crippen MR) is 121 cm³/mol. The number of para-hydroxylation sites is 1. The van der Waals surface area contributed by atoms with Gasteiger partial charge in [0.2, 0.25) is 11.8 Å². The smallest absolute Gasteiger partial charge is 0.237 e. The van der Waals surface area contributed by atoms with Crippen LogP contribution in [0.25, 0.3) is 0 Å². The molecule has 0 fully saturated rings. The Bertz CT molecular complexity index is 994. The van der Waals surface area contributed by atoms with Crippen LogP contribution in [0, 0.1) is 5.82 Å². The summed E-state index contributed by atoms with van der Waals surface area (Å²) in [5.74, 6) is -0.636. The first-order valence-corrected chi connectivity index (χ1v) is 10.7. The molecule has 2 N–H and O–H groups in total. The molecule has 6 heteroatoms. The molecular formula is C24H23FN2O2S. The third-order valence-corrected chi connectivity index (χ3v) is 5.62. The second-order valence-electron chi connectivity index (χ2n) is 6.82. The predicted octanol–water partition coefficient (Wildman–Crippen LogP) is 5.12. The van der Waals surface area contributed by atoms with E-state index in [1.54, 1.807) is 6.92 Å². The molecule has 0 saturated heterocycles. The van der Waals surface area contributed by atoms with Crippen molar-refractivity contribution in [2.45, 2.75) is 18.6 Å². The molecular weight excluding hydrogens is 399 g/mol. The highest BCUT2D eigenvalue weighted by atomic mass is 32.2. The van der Waals surface area contributed by atoms with Gasteiger partial charge in [0.1, 0.15) is 5.82 Å². The summed E-state index contributed by atoms with van der Waals surface area (Å²) in [7, 11) is 0. The van der Waals surface area contributed by atoms with Gasteiger partial charge in [0.25, 0.3) is 0 Å². The van der Waals surface area contributed by atoms with Crippen LogP contribution in [-0.2, 0) is 16.0 Å². The molecule has 0 unspecified atom stereocenters. The molecule has 4 nitrogen and oxygen atoms in total. The number of benzene rings is 3. The summed E-state index contributed by atoms with van der Waals surface area (Å²) in [6, 6.07) is 23.3. The van der Waals surface area contributed by atoms with Crippen molar-refractivity contribution in [2.75, 3.05) is 16.4 Å². The molecule has 30 heavy (non-hydrogen) atoms. The normalized spacial score (nSPS) is 11.5. The minimum absolute atomic E-state index is 0.123. The Labute approximate surface area is 179 Å². The van der Waals surface area contributed by atoms with E-state index in [4.69, 9.17) is 0 Å². The number of thioether (sulfide) groups is 1. The Morgan fingerprint density at radius 1 is 0.900 bits per heavy atom. The van der Waals surface area contributed by atoms with Crippen LogP contribution in [-0.4, -0.2) is 22.8 Å². The zero-order valence-corrected chi connectivity index (χ0v) is 17.4. The van der Waals surface area contributed by atoms with E-state index in [-0.39, 0.29) is 23.4 Å². The molecule has 2 amide bonds. The summed E-state index contributed by atoms with van der Waals surface area (Å²) >= 11 is 1.25. The molecule has 3 aromatic rings. The minimum Gasteiger partial charge on any atom is -0.325 e. The molecule has 0 aromatic heterocycles. The van der Waals surface area contributed by atoms with Gasteiger partial charge >= 0.3 is 0 Å². The molecule has 3 rings (SSSR count). The number of rotatable bonds is 8. The molecule has 0 bridgehead atoms. The lowest BCUT2D eigenvalue weighted by Gasteiger charge is -2.15. The largest absolute Gasteiger partial charge is 0.325 e. The Kier molecular flexibility index (Phi) is 7.63.